The lowest BCUT2D eigenvalue weighted by Gasteiger charge is -2.08. The first-order chi connectivity index (χ1) is 12.3. The smallest absolute Gasteiger partial charge is 0.488 e. The summed E-state index contributed by atoms with van der Waals surface area (Å²) < 4.78 is 32.7. The Labute approximate surface area is 149 Å². The lowest BCUT2D eigenvalue weighted by atomic mass is 9.80. The zero-order valence-electron chi connectivity index (χ0n) is 13.2. The third kappa shape index (κ3) is 3.58. The molecule has 3 aromatic rings. The van der Waals surface area contributed by atoms with Gasteiger partial charge in [0, 0.05) is 10.8 Å². The summed E-state index contributed by atoms with van der Waals surface area (Å²) in [5, 5.41) is 36.7. The van der Waals surface area contributed by atoms with E-state index in [9.17, 15) is 28.1 Å². The van der Waals surface area contributed by atoms with Crippen molar-refractivity contribution >= 4 is 44.8 Å². The summed E-state index contributed by atoms with van der Waals surface area (Å²) >= 11 is 0. The van der Waals surface area contributed by atoms with E-state index in [1.54, 1.807) is 12.1 Å². The molecule has 132 valence electrons. The predicted molar refractivity (Wildman–Crippen MR) is 95.9 cm³/mol. The Morgan fingerprint density at radius 1 is 0.885 bits per heavy atom. The van der Waals surface area contributed by atoms with Gasteiger partial charge >= 0.3 is 7.12 Å². The van der Waals surface area contributed by atoms with E-state index in [-0.39, 0.29) is 33.4 Å². The molecule has 0 heterocycles. The molecule has 26 heavy (non-hydrogen) atoms. The van der Waals surface area contributed by atoms with Crippen LogP contribution < -0.4 is 5.46 Å². The van der Waals surface area contributed by atoms with Crippen molar-refractivity contribution in [3.63, 3.8) is 0 Å². The Morgan fingerprint density at radius 3 is 2.23 bits per heavy atom. The Kier molecular flexibility index (Phi) is 4.74. The molecule has 0 bridgehead atoms. The van der Waals surface area contributed by atoms with Crippen molar-refractivity contribution < 1.29 is 28.1 Å². The van der Waals surface area contributed by atoms with Crippen LogP contribution in [-0.4, -0.2) is 35.2 Å². The van der Waals surface area contributed by atoms with Crippen LogP contribution in [0.25, 0.3) is 10.8 Å². The van der Waals surface area contributed by atoms with Crippen molar-refractivity contribution in [2.45, 2.75) is 4.90 Å². The molecule has 0 saturated carbocycles. The second-order valence-corrected chi connectivity index (χ2v) is 6.82. The molecule has 0 radical (unpaired) electrons. The molecular formula is C16H13BN2O6S. The summed E-state index contributed by atoms with van der Waals surface area (Å²) in [6, 6.07) is 13.0. The van der Waals surface area contributed by atoms with Gasteiger partial charge in [-0.1, -0.05) is 36.4 Å². The maximum atomic E-state index is 11.7. The van der Waals surface area contributed by atoms with Crippen molar-refractivity contribution in [3.8, 4) is 5.75 Å². The van der Waals surface area contributed by atoms with Crippen LogP contribution in [0.5, 0.6) is 5.75 Å². The summed E-state index contributed by atoms with van der Waals surface area (Å²) in [7, 11) is -6.22. The SMILES string of the molecule is O=S(=O)(O)c1cc(/N=N/c2cccc(B(O)O)c2)c(O)c2ccccc12. The Morgan fingerprint density at radius 2 is 1.58 bits per heavy atom. The number of fused-ring (bicyclic) bond motifs is 1. The van der Waals surface area contributed by atoms with Gasteiger partial charge in [-0.3, -0.25) is 4.55 Å². The third-order valence-electron chi connectivity index (χ3n) is 3.68. The fourth-order valence-electron chi connectivity index (χ4n) is 2.46. The maximum Gasteiger partial charge on any atom is 0.488 e. The van der Waals surface area contributed by atoms with E-state index < -0.39 is 22.1 Å². The lowest BCUT2D eigenvalue weighted by molar-refractivity contribution is 0.425. The molecule has 4 N–H and O–H groups in total. The first-order valence-corrected chi connectivity index (χ1v) is 8.81. The predicted octanol–water partition coefficient (Wildman–Crippen LogP) is 1.89. The van der Waals surface area contributed by atoms with Crippen molar-refractivity contribution in [1.82, 2.24) is 0 Å². The van der Waals surface area contributed by atoms with E-state index >= 15 is 0 Å². The first-order valence-electron chi connectivity index (χ1n) is 7.37. The second-order valence-electron chi connectivity index (χ2n) is 5.43. The topological polar surface area (TPSA) is 140 Å². The number of hydrogen-bond donors (Lipinski definition) is 4. The first kappa shape index (κ1) is 18.0. The lowest BCUT2D eigenvalue weighted by Crippen LogP contribution is -2.29. The number of benzene rings is 3. The van der Waals surface area contributed by atoms with Gasteiger partial charge in [0.05, 0.1) is 5.69 Å². The highest BCUT2D eigenvalue weighted by Crippen LogP contribution is 2.39. The number of aromatic hydroxyl groups is 1. The van der Waals surface area contributed by atoms with Crippen LogP contribution in [-0.2, 0) is 10.1 Å². The summed E-state index contributed by atoms with van der Waals surface area (Å²) in [4.78, 5) is -0.403. The fourth-order valence-corrected chi connectivity index (χ4v) is 3.18. The molecule has 0 aliphatic rings. The van der Waals surface area contributed by atoms with Gasteiger partial charge in [0.15, 0.2) is 5.75 Å². The van der Waals surface area contributed by atoms with E-state index in [0.29, 0.717) is 0 Å². The summed E-state index contributed by atoms with van der Waals surface area (Å²) in [6.07, 6.45) is 0. The highest BCUT2D eigenvalue weighted by Gasteiger charge is 2.19. The van der Waals surface area contributed by atoms with Crippen LogP contribution in [0.3, 0.4) is 0 Å². The quantitative estimate of drug-likeness (QED) is 0.313. The van der Waals surface area contributed by atoms with E-state index in [1.165, 1.54) is 36.4 Å². The zero-order valence-corrected chi connectivity index (χ0v) is 14.0. The molecule has 0 saturated heterocycles. The van der Waals surface area contributed by atoms with Gasteiger partial charge in [0.1, 0.15) is 10.6 Å². The maximum absolute atomic E-state index is 11.7. The van der Waals surface area contributed by atoms with Crippen LogP contribution in [0.1, 0.15) is 0 Å². The molecule has 0 aliphatic carbocycles. The molecule has 10 heteroatoms. The van der Waals surface area contributed by atoms with Crippen molar-refractivity contribution in [3.05, 3.63) is 54.6 Å². The van der Waals surface area contributed by atoms with Crippen LogP contribution in [0.4, 0.5) is 11.4 Å². The normalized spacial score (nSPS) is 12.0. The number of hydrogen-bond acceptors (Lipinski definition) is 7. The molecule has 0 unspecified atom stereocenters. The molecule has 0 spiro atoms. The van der Waals surface area contributed by atoms with E-state index in [2.05, 4.69) is 10.2 Å². The molecule has 3 aromatic carbocycles. The Hall–Kier alpha value is -2.79. The summed E-state index contributed by atoms with van der Waals surface area (Å²) in [5.41, 5.74) is 0.297. The van der Waals surface area contributed by atoms with Crippen LogP contribution >= 0.6 is 0 Å². The molecule has 8 nitrogen and oxygen atoms in total. The minimum atomic E-state index is -4.55. The van der Waals surface area contributed by atoms with Crippen molar-refractivity contribution in [2.75, 3.05) is 0 Å². The Balaban J connectivity index is 2.14. The Bertz CT molecular complexity index is 1110. The van der Waals surface area contributed by atoms with Crippen LogP contribution in [0.15, 0.2) is 69.7 Å². The number of nitrogens with zero attached hydrogens (tertiary/aromatic N) is 2. The van der Waals surface area contributed by atoms with Crippen molar-refractivity contribution in [1.29, 1.82) is 0 Å². The minimum Gasteiger partial charge on any atom is -0.505 e. The number of azo groups is 1. The van der Waals surface area contributed by atoms with Crippen LogP contribution in [0, 0.1) is 0 Å². The molecule has 0 fully saturated rings. The number of phenolic OH excluding ortho intramolecular Hbond substituents is 1. The summed E-state index contributed by atoms with van der Waals surface area (Å²) in [6.45, 7) is 0. The molecule has 3 rings (SSSR count). The molecule has 0 aliphatic heterocycles. The van der Waals surface area contributed by atoms with Gasteiger partial charge in [-0.15, -0.1) is 5.11 Å². The molecular weight excluding hydrogens is 359 g/mol. The van der Waals surface area contributed by atoms with Gasteiger partial charge in [0.2, 0.25) is 0 Å². The second kappa shape index (κ2) is 6.85. The van der Waals surface area contributed by atoms with Crippen LogP contribution in [0.2, 0.25) is 0 Å². The summed E-state index contributed by atoms with van der Waals surface area (Å²) in [5.74, 6) is -0.296. The van der Waals surface area contributed by atoms with E-state index in [1.807, 2.05) is 0 Å². The highest BCUT2D eigenvalue weighted by molar-refractivity contribution is 7.86. The van der Waals surface area contributed by atoms with Gasteiger partial charge in [0.25, 0.3) is 10.1 Å². The number of phenols is 1. The van der Waals surface area contributed by atoms with E-state index in [0.717, 1.165) is 6.07 Å². The minimum absolute atomic E-state index is 0.150. The average molecular weight is 372 g/mol. The standard InChI is InChI=1S/C16H13BN2O6S/c20-16-13-7-2-1-6-12(13)15(26(23,24)25)9-14(16)19-18-11-5-3-4-10(8-11)17(21)22/h1-9,20-22H,(H,23,24,25)/b19-18+. The molecule has 0 amide bonds. The van der Waals surface area contributed by atoms with Gasteiger partial charge in [-0.2, -0.15) is 13.5 Å². The van der Waals surface area contributed by atoms with Gasteiger partial charge in [-0.25, -0.2) is 0 Å². The fraction of sp³-hybridized carbons (Fsp3) is 0. The number of rotatable bonds is 4. The van der Waals surface area contributed by atoms with Gasteiger partial charge in [-0.05, 0) is 23.7 Å². The largest absolute Gasteiger partial charge is 0.505 e. The molecule has 0 atom stereocenters. The third-order valence-corrected chi connectivity index (χ3v) is 4.57. The highest BCUT2D eigenvalue weighted by atomic mass is 32.2. The van der Waals surface area contributed by atoms with Gasteiger partial charge < -0.3 is 15.2 Å². The monoisotopic (exact) mass is 372 g/mol. The zero-order chi connectivity index (χ0) is 18.9. The van der Waals surface area contributed by atoms with E-state index in [4.69, 9.17) is 0 Å². The average Bonchev–Trinajstić information content (AvgIpc) is 2.60. The molecule has 0 aromatic heterocycles. The van der Waals surface area contributed by atoms with Crippen molar-refractivity contribution in [2.24, 2.45) is 10.2 Å².